The molecule has 3 aromatic rings. The fraction of sp³-hybridized carbons (Fsp3) is 0.241. The van der Waals surface area contributed by atoms with E-state index in [1.807, 2.05) is 37.3 Å². The van der Waals surface area contributed by atoms with E-state index >= 15 is 0 Å². The van der Waals surface area contributed by atoms with Gasteiger partial charge in [0.05, 0.1) is 23.2 Å². The zero-order valence-electron chi connectivity index (χ0n) is 20.7. The predicted molar refractivity (Wildman–Crippen MR) is 141 cm³/mol. The minimum atomic E-state index is -1.42. The summed E-state index contributed by atoms with van der Waals surface area (Å²) in [5, 5.41) is 6.89. The molecular weight excluding hydrogens is 506 g/mol. The van der Waals surface area contributed by atoms with Gasteiger partial charge in [0.2, 0.25) is 17.7 Å². The van der Waals surface area contributed by atoms with Crippen LogP contribution in [-0.4, -0.2) is 29.7 Å². The number of hydrogen-bond acceptors (Lipinski definition) is 6. The van der Waals surface area contributed by atoms with Gasteiger partial charge in [-0.3, -0.25) is 24.5 Å². The van der Waals surface area contributed by atoms with Crippen LogP contribution < -0.4 is 20.3 Å². The fourth-order valence-electron chi connectivity index (χ4n) is 6.12. The van der Waals surface area contributed by atoms with Gasteiger partial charge in [-0.1, -0.05) is 48.0 Å². The van der Waals surface area contributed by atoms with E-state index in [2.05, 4.69) is 10.6 Å². The maximum atomic E-state index is 14.1. The molecule has 4 atom stereocenters. The number of carbonyl (C=O) groups excluding carboxylic acids is 4. The molecule has 0 bridgehead atoms. The summed E-state index contributed by atoms with van der Waals surface area (Å²) in [7, 11) is 0. The molecule has 0 radical (unpaired) electrons. The Morgan fingerprint density at radius 1 is 1.00 bits per heavy atom. The second-order valence-electron chi connectivity index (χ2n) is 9.90. The Labute approximate surface area is 223 Å². The Kier molecular flexibility index (Phi) is 5.63. The number of esters is 1. The number of imide groups is 1. The summed E-state index contributed by atoms with van der Waals surface area (Å²) < 4.78 is 5.09. The molecule has 1 spiro atoms. The number of amides is 3. The summed E-state index contributed by atoms with van der Waals surface area (Å²) in [4.78, 5) is 54.3. The summed E-state index contributed by atoms with van der Waals surface area (Å²) in [6, 6.07) is 18.8. The van der Waals surface area contributed by atoms with Crippen molar-refractivity contribution in [2.75, 3.05) is 10.2 Å². The topological polar surface area (TPSA) is 105 Å². The largest absolute Gasteiger partial charge is 0.427 e. The summed E-state index contributed by atoms with van der Waals surface area (Å²) in [6.45, 7) is 3.11. The van der Waals surface area contributed by atoms with Crippen LogP contribution in [0.3, 0.4) is 0 Å². The SMILES string of the molecule is CC(=O)Oc1ccc(N2C(=O)[C@@H]3[C@H](Cc4ccccc4)N[C@@]4(C(=O)Nc5c4ccc(Cl)c5C)[C@H]3C2=O)cc1. The predicted octanol–water partition coefficient (Wildman–Crippen LogP) is 3.74. The maximum Gasteiger partial charge on any atom is 0.308 e. The average Bonchev–Trinajstić information content (AvgIpc) is 3.47. The first-order valence-electron chi connectivity index (χ1n) is 12.3. The van der Waals surface area contributed by atoms with Gasteiger partial charge in [-0.2, -0.15) is 0 Å². The highest BCUT2D eigenvalue weighted by molar-refractivity contribution is 6.32. The maximum absolute atomic E-state index is 14.1. The highest BCUT2D eigenvalue weighted by Crippen LogP contribution is 2.55. The number of halogens is 1. The number of fused-ring (bicyclic) bond motifs is 4. The number of rotatable bonds is 4. The van der Waals surface area contributed by atoms with Crippen LogP contribution in [0.1, 0.15) is 23.6 Å². The molecule has 0 aromatic heterocycles. The Hall–Kier alpha value is -4.01. The van der Waals surface area contributed by atoms with Crippen molar-refractivity contribution in [3.05, 3.63) is 88.4 Å². The third-order valence-electron chi connectivity index (χ3n) is 7.74. The van der Waals surface area contributed by atoms with E-state index in [1.165, 1.54) is 19.1 Å². The number of anilines is 2. The van der Waals surface area contributed by atoms with Crippen molar-refractivity contribution < 1.29 is 23.9 Å². The molecule has 2 fully saturated rings. The number of nitrogens with one attached hydrogen (secondary N) is 2. The fourth-order valence-corrected chi connectivity index (χ4v) is 6.27. The van der Waals surface area contributed by atoms with Gasteiger partial charge in [0, 0.05) is 23.6 Å². The number of hydrogen-bond donors (Lipinski definition) is 2. The summed E-state index contributed by atoms with van der Waals surface area (Å²) >= 11 is 6.35. The molecule has 0 saturated carbocycles. The molecule has 8 nitrogen and oxygen atoms in total. The van der Waals surface area contributed by atoms with E-state index in [0.29, 0.717) is 39.7 Å². The number of ether oxygens (including phenoxy) is 1. The van der Waals surface area contributed by atoms with Crippen molar-refractivity contribution in [2.24, 2.45) is 11.8 Å². The summed E-state index contributed by atoms with van der Waals surface area (Å²) in [6.07, 6.45) is 0.456. The van der Waals surface area contributed by atoms with Crippen molar-refractivity contribution in [1.82, 2.24) is 5.32 Å². The van der Waals surface area contributed by atoms with Gasteiger partial charge in [-0.25, -0.2) is 4.90 Å². The van der Waals surface area contributed by atoms with E-state index in [4.69, 9.17) is 16.3 Å². The quantitative estimate of drug-likeness (QED) is 0.303. The van der Waals surface area contributed by atoms with E-state index < -0.39 is 35.3 Å². The van der Waals surface area contributed by atoms with Gasteiger partial charge >= 0.3 is 5.97 Å². The lowest BCUT2D eigenvalue weighted by molar-refractivity contribution is -0.132. The van der Waals surface area contributed by atoms with Crippen LogP contribution in [0.5, 0.6) is 5.75 Å². The average molecular weight is 530 g/mol. The van der Waals surface area contributed by atoms with Crippen LogP contribution >= 0.6 is 11.6 Å². The third-order valence-corrected chi connectivity index (χ3v) is 8.15. The van der Waals surface area contributed by atoms with E-state index in [-0.39, 0.29) is 11.8 Å². The lowest BCUT2D eigenvalue weighted by Crippen LogP contribution is -2.53. The van der Waals surface area contributed by atoms with E-state index in [0.717, 1.165) is 10.5 Å². The molecule has 6 rings (SSSR count). The van der Waals surface area contributed by atoms with E-state index in [9.17, 15) is 19.2 Å². The monoisotopic (exact) mass is 529 g/mol. The van der Waals surface area contributed by atoms with Crippen LogP contribution in [0.15, 0.2) is 66.7 Å². The molecule has 2 saturated heterocycles. The summed E-state index contributed by atoms with van der Waals surface area (Å²) in [5.41, 5.74) is 1.80. The molecule has 3 amide bonds. The van der Waals surface area contributed by atoms with Gasteiger partial charge in [-0.05, 0) is 54.8 Å². The Bertz CT molecular complexity index is 1510. The highest BCUT2D eigenvalue weighted by Gasteiger charge is 2.70. The molecule has 0 aliphatic carbocycles. The lowest BCUT2D eigenvalue weighted by Gasteiger charge is -2.29. The molecule has 3 aliphatic rings. The van der Waals surface area contributed by atoms with Gasteiger partial charge < -0.3 is 10.1 Å². The Morgan fingerprint density at radius 3 is 2.39 bits per heavy atom. The zero-order valence-corrected chi connectivity index (χ0v) is 21.4. The minimum Gasteiger partial charge on any atom is -0.427 e. The second-order valence-corrected chi connectivity index (χ2v) is 10.3. The van der Waals surface area contributed by atoms with Gasteiger partial charge in [-0.15, -0.1) is 0 Å². The van der Waals surface area contributed by atoms with Crippen LogP contribution in [0, 0.1) is 18.8 Å². The van der Waals surface area contributed by atoms with Crippen molar-refractivity contribution in [2.45, 2.75) is 31.8 Å². The lowest BCUT2D eigenvalue weighted by atomic mass is 9.76. The van der Waals surface area contributed by atoms with Gasteiger partial charge in [0.25, 0.3) is 0 Å². The molecular formula is C29H24ClN3O5. The number of nitrogens with zero attached hydrogens (tertiary/aromatic N) is 1. The normalized spacial score (nSPS) is 25.5. The molecule has 3 aromatic carbocycles. The third kappa shape index (κ3) is 3.48. The van der Waals surface area contributed by atoms with Crippen LogP contribution in [0.2, 0.25) is 5.02 Å². The molecule has 9 heteroatoms. The van der Waals surface area contributed by atoms with Crippen LogP contribution in [0.25, 0.3) is 0 Å². The minimum absolute atomic E-state index is 0.303. The molecule has 2 N–H and O–H groups in total. The van der Waals surface area contributed by atoms with Crippen molar-refractivity contribution in [3.8, 4) is 5.75 Å². The Morgan fingerprint density at radius 2 is 1.71 bits per heavy atom. The van der Waals surface area contributed by atoms with Crippen LogP contribution in [-0.2, 0) is 31.1 Å². The van der Waals surface area contributed by atoms with Crippen LogP contribution in [0.4, 0.5) is 11.4 Å². The second kappa shape index (κ2) is 8.79. The molecule has 0 unspecified atom stereocenters. The van der Waals surface area contributed by atoms with Crippen molar-refractivity contribution >= 4 is 46.7 Å². The Balaban J connectivity index is 1.46. The number of benzene rings is 3. The standard InChI is InChI=1S/C29H24ClN3O5/c1-15-21(30)13-12-20-25(15)31-28(37)29(20)24-23(22(32-29)14-17-6-4-3-5-7-17)26(35)33(27(24)36)18-8-10-19(11-9-18)38-16(2)34/h3-13,22-24,32H,14H2,1-2H3,(H,31,37)/t22-,23+,24+,29+/m0/s1. The zero-order chi connectivity index (χ0) is 26.8. The van der Waals surface area contributed by atoms with Crippen molar-refractivity contribution in [3.63, 3.8) is 0 Å². The molecule has 192 valence electrons. The molecule has 38 heavy (non-hydrogen) atoms. The first-order valence-corrected chi connectivity index (χ1v) is 12.7. The van der Waals surface area contributed by atoms with Gasteiger partial charge in [0.1, 0.15) is 11.3 Å². The molecule has 3 aliphatic heterocycles. The van der Waals surface area contributed by atoms with E-state index in [1.54, 1.807) is 24.3 Å². The van der Waals surface area contributed by atoms with Gasteiger partial charge in [0.15, 0.2) is 0 Å². The summed E-state index contributed by atoms with van der Waals surface area (Å²) in [5.74, 6) is -3.12. The first kappa shape index (κ1) is 24.3. The molecule has 3 heterocycles. The smallest absolute Gasteiger partial charge is 0.308 e. The number of carbonyl (C=O) groups is 4. The highest BCUT2D eigenvalue weighted by atomic mass is 35.5. The van der Waals surface area contributed by atoms with Crippen molar-refractivity contribution in [1.29, 1.82) is 0 Å². The first-order chi connectivity index (χ1) is 18.2.